The molecule has 0 radical (unpaired) electrons. The van der Waals surface area contributed by atoms with Crippen LogP contribution >= 0.6 is 11.3 Å². The van der Waals surface area contributed by atoms with Crippen LogP contribution in [0.1, 0.15) is 56.5 Å². The summed E-state index contributed by atoms with van der Waals surface area (Å²) < 4.78 is 3.31. The Bertz CT molecular complexity index is 1240. The molecular weight excluding hydrogens is 460 g/mol. The van der Waals surface area contributed by atoms with Crippen molar-refractivity contribution < 1.29 is 9.59 Å². The summed E-state index contributed by atoms with van der Waals surface area (Å²) in [4.78, 5) is 43.9. The van der Waals surface area contributed by atoms with Crippen molar-refractivity contribution in [1.82, 2.24) is 14.7 Å². The van der Waals surface area contributed by atoms with Crippen molar-refractivity contribution in [3.63, 3.8) is 0 Å². The molecule has 2 heterocycles. The first-order valence-electron chi connectivity index (χ1n) is 12.3. The number of hydrogen-bond donors (Lipinski definition) is 1. The third-order valence-corrected chi connectivity index (χ3v) is 8.14. The molecule has 1 aromatic carbocycles. The monoisotopic (exact) mass is 494 g/mol. The van der Waals surface area contributed by atoms with Gasteiger partial charge < -0.3 is 5.32 Å². The SMILES string of the molecule is CC[C@@](C)(C(=O)NC1CCCC1)N(C(=O)Cc1cccs1)c1c(C)n(C)n(-c2ccccc2)c1=O. The quantitative estimate of drug-likeness (QED) is 0.506. The summed E-state index contributed by atoms with van der Waals surface area (Å²) in [6.45, 7) is 5.50. The van der Waals surface area contributed by atoms with E-state index in [1.807, 2.05) is 61.7 Å². The molecule has 4 rings (SSSR count). The number of benzene rings is 1. The Morgan fingerprint density at radius 2 is 1.83 bits per heavy atom. The maximum absolute atomic E-state index is 13.9. The van der Waals surface area contributed by atoms with Crippen LogP contribution in [0.2, 0.25) is 0 Å². The van der Waals surface area contributed by atoms with Crippen LogP contribution in [0.4, 0.5) is 5.69 Å². The summed E-state index contributed by atoms with van der Waals surface area (Å²) in [7, 11) is 1.80. The van der Waals surface area contributed by atoms with Crippen LogP contribution in [0, 0.1) is 6.92 Å². The van der Waals surface area contributed by atoms with Gasteiger partial charge in [-0.1, -0.05) is 44.0 Å². The second kappa shape index (κ2) is 10.2. The fourth-order valence-corrected chi connectivity index (χ4v) is 5.63. The van der Waals surface area contributed by atoms with Gasteiger partial charge in [0.05, 0.1) is 17.8 Å². The van der Waals surface area contributed by atoms with Gasteiger partial charge in [0, 0.05) is 18.0 Å². The van der Waals surface area contributed by atoms with Gasteiger partial charge in [0.15, 0.2) is 0 Å². The fraction of sp³-hybridized carbons (Fsp3) is 0.444. The number of carbonyl (C=O) groups excluding carboxylic acids is 2. The Morgan fingerprint density at radius 3 is 2.43 bits per heavy atom. The zero-order valence-electron chi connectivity index (χ0n) is 20.9. The largest absolute Gasteiger partial charge is 0.351 e. The fourth-order valence-electron chi connectivity index (χ4n) is 4.93. The molecule has 0 aliphatic heterocycles. The Hall–Kier alpha value is -3.13. The predicted molar refractivity (Wildman–Crippen MR) is 140 cm³/mol. The zero-order valence-corrected chi connectivity index (χ0v) is 21.7. The van der Waals surface area contributed by atoms with E-state index in [1.54, 1.807) is 23.3 Å². The Kier molecular flexibility index (Phi) is 7.31. The van der Waals surface area contributed by atoms with Gasteiger partial charge in [-0.3, -0.25) is 24.0 Å². The number of aromatic nitrogens is 2. The third-order valence-electron chi connectivity index (χ3n) is 7.26. The lowest BCUT2D eigenvalue weighted by Gasteiger charge is -2.39. The highest BCUT2D eigenvalue weighted by molar-refractivity contribution is 7.10. The highest BCUT2D eigenvalue weighted by atomic mass is 32.1. The first kappa shape index (κ1) is 25.0. The number of thiophene rings is 1. The lowest BCUT2D eigenvalue weighted by Crippen LogP contribution is -2.61. The molecule has 0 unspecified atom stereocenters. The summed E-state index contributed by atoms with van der Waals surface area (Å²) in [5.41, 5.74) is 0.0599. The van der Waals surface area contributed by atoms with Gasteiger partial charge in [0.1, 0.15) is 11.2 Å². The van der Waals surface area contributed by atoms with E-state index in [0.29, 0.717) is 17.8 Å². The van der Waals surface area contributed by atoms with E-state index in [1.165, 1.54) is 16.2 Å². The molecule has 1 fully saturated rings. The average molecular weight is 495 g/mol. The molecule has 1 atom stereocenters. The number of amides is 2. The van der Waals surface area contributed by atoms with E-state index in [0.717, 1.165) is 30.6 Å². The molecular formula is C27H34N4O3S. The minimum atomic E-state index is -1.21. The molecule has 1 aliphatic carbocycles. The van der Waals surface area contributed by atoms with Gasteiger partial charge in [0.25, 0.3) is 5.56 Å². The van der Waals surface area contributed by atoms with Crippen molar-refractivity contribution in [3.8, 4) is 5.69 Å². The van der Waals surface area contributed by atoms with Crippen molar-refractivity contribution in [3.05, 3.63) is 68.8 Å². The molecule has 1 aliphatic rings. The summed E-state index contributed by atoms with van der Waals surface area (Å²) in [5, 5.41) is 5.11. The number of hydrogen-bond acceptors (Lipinski definition) is 4. The molecule has 7 nitrogen and oxygen atoms in total. The number of para-hydroxylation sites is 1. The van der Waals surface area contributed by atoms with Crippen molar-refractivity contribution in [2.24, 2.45) is 7.05 Å². The van der Waals surface area contributed by atoms with Crippen molar-refractivity contribution >= 4 is 28.8 Å². The molecule has 0 spiro atoms. The van der Waals surface area contributed by atoms with Crippen LogP contribution in [0.5, 0.6) is 0 Å². The standard InChI is InChI=1S/C27H34N4O3S/c1-5-27(3,26(34)28-20-12-9-10-13-20)30(23(32)18-22-16-11-17-35-22)24-19(2)29(4)31(25(24)33)21-14-7-6-8-15-21/h6-8,11,14-17,20H,5,9-10,12-13,18H2,1-4H3,(H,28,34)/t27-/m0/s1. The number of rotatable bonds is 8. The second-order valence-corrected chi connectivity index (χ2v) is 10.5. The maximum atomic E-state index is 13.9. The molecule has 2 aromatic heterocycles. The van der Waals surface area contributed by atoms with Crippen LogP contribution in [-0.4, -0.2) is 32.8 Å². The normalized spacial score (nSPS) is 15.7. The minimum absolute atomic E-state index is 0.112. The van der Waals surface area contributed by atoms with Crippen molar-refractivity contribution in [2.45, 2.75) is 70.9 Å². The maximum Gasteiger partial charge on any atom is 0.295 e. The highest BCUT2D eigenvalue weighted by Gasteiger charge is 2.45. The van der Waals surface area contributed by atoms with E-state index in [2.05, 4.69) is 5.32 Å². The minimum Gasteiger partial charge on any atom is -0.351 e. The van der Waals surface area contributed by atoms with Crippen LogP contribution in [0.25, 0.3) is 5.69 Å². The summed E-state index contributed by atoms with van der Waals surface area (Å²) in [6.07, 6.45) is 4.58. The number of nitrogens with one attached hydrogen (secondary N) is 1. The van der Waals surface area contributed by atoms with Gasteiger partial charge in [-0.25, -0.2) is 4.68 Å². The lowest BCUT2D eigenvalue weighted by atomic mass is 9.92. The van der Waals surface area contributed by atoms with Crippen molar-refractivity contribution in [1.29, 1.82) is 0 Å². The Balaban J connectivity index is 1.84. The number of carbonyl (C=O) groups is 2. The number of anilines is 1. The molecule has 186 valence electrons. The summed E-state index contributed by atoms with van der Waals surface area (Å²) in [5.74, 6) is -0.468. The van der Waals surface area contributed by atoms with E-state index >= 15 is 0 Å². The molecule has 1 N–H and O–H groups in total. The van der Waals surface area contributed by atoms with Gasteiger partial charge in [-0.2, -0.15) is 0 Å². The first-order chi connectivity index (χ1) is 16.8. The Labute approximate surface area is 210 Å². The van der Waals surface area contributed by atoms with E-state index in [9.17, 15) is 14.4 Å². The van der Waals surface area contributed by atoms with E-state index in [-0.39, 0.29) is 35.5 Å². The van der Waals surface area contributed by atoms with Crippen LogP contribution < -0.4 is 15.8 Å². The summed E-state index contributed by atoms with van der Waals surface area (Å²) in [6, 6.07) is 13.3. The van der Waals surface area contributed by atoms with E-state index < -0.39 is 5.54 Å². The summed E-state index contributed by atoms with van der Waals surface area (Å²) >= 11 is 1.49. The highest BCUT2D eigenvalue weighted by Crippen LogP contribution is 2.31. The lowest BCUT2D eigenvalue weighted by molar-refractivity contribution is -0.130. The topological polar surface area (TPSA) is 76.3 Å². The molecule has 8 heteroatoms. The van der Waals surface area contributed by atoms with E-state index in [4.69, 9.17) is 0 Å². The van der Waals surface area contributed by atoms with Crippen molar-refractivity contribution in [2.75, 3.05) is 4.90 Å². The first-order valence-corrected chi connectivity index (χ1v) is 13.2. The second-order valence-electron chi connectivity index (χ2n) is 9.48. The smallest absolute Gasteiger partial charge is 0.295 e. The van der Waals surface area contributed by atoms with Gasteiger partial charge >= 0.3 is 0 Å². The average Bonchev–Trinajstić information content (AvgIpc) is 3.60. The van der Waals surface area contributed by atoms with Gasteiger partial charge in [-0.05, 0) is 56.7 Å². The van der Waals surface area contributed by atoms with Crippen LogP contribution in [0.3, 0.4) is 0 Å². The zero-order chi connectivity index (χ0) is 25.2. The molecule has 35 heavy (non-hydrogen) atoms. The molecule has 0 bridgehead atoms. The van der Waals surface area contributed by atoms with Gasteiger partial charge in [-0.15, -0.1) is 11.3 Å². The molecule has 3 aromatic rings. The van der Waals surface area contributed by atoms with Gasteiger partial charge in [0.2, 0.25) is 11.8 Å². The molecule has 0 saturated heterocycles. The van der Waals surface area contributed by atoms with Crippen LogP contribution in [-0.2, 0) is 23.1 Å². The molecule has 1 saturated carbocycles. The van der Waals surface area contributed by atoms with Crippen LogP contribution in [0.15, 0.2) is 52.6 Å². The predicted octanol–water partition coefficient (Wildman–Crippen LogP) is 4.35. The Morgan fingerprint density at radius 1 is 1.14 bits per heavy atom. The number of nitrogens with zero attached hydrogens (tertiary/aromatic N) is 3. The molecule has 2 amide bonds. The third kappa shape index (κ3) is 4.72.